The van der Waals surface area contributed by atoms with Crippen LogP contribution in [0.15, 0.2) is 18.2 Å². The number of carbonyl (C=O) groups excluding carboxylic acids is 2. The van der Waals surface area contributed by atoms with Crippen molar-refractivity contribution >= 4 is 11.7 Å². The van der Waals surface area contributed by atoms with E-state index in [4.69, 9.17) is 4.74 Å². The predicted molar refractivity (Wildman–Crippen MR) is 69.5 cm³/mol. The summed E-state index contributed by atoms with van der Waals surface area (Å²) in [5.74, 6) is 0.560. The first-order valence-corrected chi connectivity index (χ1v) is 5.81. The second kappa shape index (κ2) is 6.19. The topological polar surface area (TPSA) is 46.6 Å². The average Bonchev–Trinajstić information content (AvgIpc) is 2.28. The number of ether oxygens (including phenoxy) is 1. The highest BCUT2D eigenvalue weighted by molar-refractivity contribution is 5.96. The van der Waals surface area contributed by atoms with E-state index in [1.54, 1.807) is 19.1 Å². The van der Waals surface area contributed by atoms with Crippen molar-refractivity contribution in [1.29, 1.82) is 0 Å². The first-order chi connectivity index (χ1) is 8.43. The standard InChI is InChI=1S/C14H19NO3/c1-10-7-12(5-6-13(10)18-4)9-15(3)14(17)8-11(2)16/h5-7H,8-9H2,1-4H3. The number of hydrogen-bond acceptors (Lipinski definition) is 3. The molecule has 0 spiro atoms. The van der Waals surface area contributed by atoms with E-state index in [0.717, 1.165) is 16.9 Å². The van der Waals surface area contributed by atoms with Crippen molar-refractivity contribution in [2.24, 2.45) is 0 Å². The van der Waals surface area contributed by atoms with Gasteiger partial charge in [0.2, 0.25) is 5.91 Å². The van der Waals surface area contributed by atoms with Crippen molar-refractivity contribution in [2.45, 2.75) is 26.8 Å². The number of hydrogen-bond donors (Lipinski definition) is 0. The number of nitrogens with zero attached hydrogens (tertiary/aromatic N) is 1. The van der Waals surface area contributed by atoms with E-state index in [-0.39, 0.29) is 18.1 Å². The largest absolute Gasteiger partial charge is 0.496 e. The lowest BCUT2D eigenvalue weighted by atomic mass is 10.1. The molecule has 1 rings (SSSR count). The van der Waals surface area contributed by atoms with E-state index < -0.39 is 0 Å². The Balaban J connectivity index is 2.70. The van der Waals surface area contributed by atoms with Gasteiger partial charge in [-0.3, -0.25) is 9.59 Å². The second-order valence-electron chi connectivity index (χ2n) is 4.43. The average molecular weight is 249 g/mol. The van der Waals surface area contributed by atoms with E-state index in [1.165, 1.54) is 6.92 Å². The van der Waals surface area contributed by atoms with Gasteiger partial charge in [0, 0.05) is 13.6 Å². The molecule has 0 radical (unpaired) electrons. The number of amides is 1. The molecule has 0 N–H and O–H groups in total. The van der Waals surface area contributed by atoms with Crippen LogP contribution in [0.1, 0.15) is 24.5 Å². The summed E-state index contributed by atoms with van der Waals surface area (Å²) < 4.78 is 5.18. The Bertz CT molecular complexity index is 454. The van der Waals surface area contributed by atoms with Gasteiger partial charge in [-0.2, -0.15) is 0 Å². The number of benzene rings is 1. The van der Waals surface area contributed by atoms with Crippen molar-refractivity contribution in [3.05, 3.63) is 29.3 Å². The summed E-state index contributed by atoms with van der Waals surface area (Å²) in [7, 11) is 3.33. The molecular formula is C14H19NO3. The highest BCUT2D eigenvalue weighted by Gasteiger charge is 2.11. The molecule has 98 valence electrons. The number of Topliss-reactive ketones (excluding diaryl/α,β-unsaturated/α-hetero) is 1. The molecule has 0 atom stereocenters. The quantitative estimate of drug-likeness (QED) is 0.749. The Hall–Kier alpha value is -1.84. The summed E-state index contributed by atoms with van der Waals surface area (Å²) in [6, 6.07) is 5.79. The maximum atomic E-state index is 11.6. The maximum Gasteiger partial charge on any atom is 0.230 e. The van der Waals surface area contributed by atoms with Crippen molar-refractivity contribution in [2.75, 3.05) is 14.2 Å². The van der Waals surface area contributed by atoms with Crippen LogP contribution in [-0.4, -0.2) is 30.7 Å². The van der Waals surface area contributed by atoms with Crippen LogP contribution in [0, 0.1) is 6.92 Å². The normalized spacial score (nSPS) is 10.0. The minimum absolute atomic E-state index is 0.0361. The molecule has 0 aliphatic rings. The molecule has 0 saturated heterocycles. The Morgan fingerprint density at radius 2 is 2.00 bits per heavy atom. The van der Waals surface area contributed by atoms with Gasteiger partial charge in [-0.25, -0.2) is 0 Å². The molecule has 0 saturated carbocycles. The van der Waals surface area contributed by atoms with Crippen LogP contribution in [0.4, 0.5) is 0 Å². The second-order valence-corrected chi connectivity index (χ2v) is 4.43. The minimum atomic E-state index is -0.157. The summed E-state index contributed by atoms with van der Waals surface area (Å²) in [4.78, 5) is 24.1. The third-order valence-electron chi connectivity index (χ3n) is 2.70. The fourth-order valence-electron chi connectivity index (χ4n) is 1.75. The smallest absolute Gasteiger partial charge is 0.230 e. The SMILES string of the molecule is COc1ccc(CN(C)C(=O)CC(C)=O)cc1C. The van der Waals surface area contributed by atoms with Gasteiger partial charge in [0.25, 0.3) is 0 Å². The lowest BCUT2D eigenvalue weighted by molar-refractivity contribution is -0.134. The Morgan fingerprint density at radius 1 is 1.33 bits per heavy atom. The van der Waals surface area contributed by atoms with Gasteiger partial charge < -0.3 is 9.64 Å². The van der Waals surface area contributed by atoms with Crippen molar-refractivity contribution in [3.63, 3.8) is 0 Å². The van der Waals surface area contributed by atoms with Crippen LogP contribution >= 0.6 is 0 Å². The van der Waals surface area contributed by atoms with Crippen molar-refractivity contribution < 1.29 is 14.3 Å². The van der Waals surface area contributed by atoms with E-state index >= 15 is 0 Å². The van der Waals surface area contributed by atoms with Crippen LogP contribution in [0.3, 0.4) is 0 Å². The van der Waals surface area contributed by atoms with Gasteiger partial charge >= 0.3 is 0 Å². The first kappa shape index (κ1) is 14.2. The Kier molecular flexibility index (Phi) is 4.89. The summed E-state index contributed by atoms with van der Waals surface area (Å²) >= 11 is 0. The number of ketones is 1. The number of aryl methyl sites for hydroxylation is 1. The molecular weight excluding hydrogens is 230 g/mol. The Morgan fingerprint density at radius 3 is 2.50 bits per heavy atom. The summed E-state index contributed by atoms with van der Waals surface area (Å²) in [6.45, 7) is 3.87. The van der Waals surface area contributed by atoms with Crippen LogP contribution < -0.4 is 4.74 Å². The van der Waals surface area contributed by atoms with Gasteiger partial charge in [0.15, 0.2) is 0 Å². The van der Waals surface area contributed by atoms with Gasteiger partial charge in [-0.05, 0) is 31.0 Å². The van der Waals surface area contributed by atoms with Crippen LogP contribution in [0.5, 0.6) is 5.75 Å². The zero-order valence-electron chi connectivity index (χ0n) is 11.3. The molecule has 0 aliphatic heterocycles. The fourth-order valence-corrected chi connectivity index (χ4v) is 1.75. The Labute approximate surface area is 108 Å². The van der Waals surface area contributed by atoms with Crippen molar-refractivity contribution in [1.82, 2.24) is 4.90 Å². The van der Waals surface area contributed by atoms with E-state index in [0.29, 0.717) is 6.54 Å². The molecule has 0 bridgehead atoms. The highest BCUT2D eigenvalue weighted by Crippen LogP contribution is 2.19. The first-order valence-electron chi connectivity index (χ1n) is 5.81. The van der Waals surface area contributed by atoms with E-state index in [2.05, 4.69) is 0 Å². The van der Waals surface area contributed by atoms with Crippen LogP contribution in [-0.2, 0) is 16.1 Å². The molecule has 1 aromatic rings. The lowest BCUT2D eigenvalue weighted by Crippen LogP contribution is -2.27. The minimum Gasteiger partial charge on any atom is -0.496 e. The molecule has 4 nitrogen and oxygen atoms in total. The van der Waals surface area contributed by atoms with Gasteiger partial charge in [0.05, 0.1) is 13.5 Å². The van der Waals surface area contributed by atoms with Crippen molar-refractivity contribution in [3.8, 4) is 5.75 Å². The summed E-state index contributed by atoms with van der Waals surface area (Å²) in [5, 5.41) is 0. The zero-order valence-corrected chi connectivity index (χ0v) is 11.3. The molecule has 0 aromatic heterocycles. The molecule has 0 unspecified atom stereocenters. The zero-order chi connectivity index (χ0) is 13.7. The molecule has 1 aromatic carbocycles. The van der Waals surface area contributed by atoms with Gasteiger partial charge in [-0.1, -0.05) is 12.1 Å². The number of methoxy groups -OCH3 is 1. The third kappa shape index (κ3) is 3.87. The lowest BCUT2D eigenvalue weighted by Gasteiger charge is -2.17. The number of carbonyl (C=O) groups is 2. The molecule has 0 aliphatic carbocycles. The molecule has 0 heterocycles. The monoisotopic (exact) mass is 249 g/mol. The van der Waals surface area contributed by atoms with E-state index in [1.807, 2.05) is 25.1 Å². The molecule has 4 heteroatoms. The van der Waals surface area contributed by atoms with Gasteiger partial charge in [0.1, 0.15) is 11.5 Å². The predicted octanol–water partition coefficient (Wildman–Crippen LogP) is 1.94. The molecule has 18 heavy (non-hydrogen) atoms. The summed E-state index contributed by atoms with van der Waals surface area (Å²) in [6.07, 6.45) is -0.0361. The molecule has 0 fully saturated rings. The maximum absolute atomic E-state index is 11.6. The number of rotatable bonds is 5. The van der Waals surface area contributed by atoms with Crippen LogP contribution in [0.25, 0.3) is 0 Å². The fraction of sp³-hybridized carbons (Fsp3) is 0.429. The van der Waals surface area contributed by atoms with E-state index in [9.17, 15) is 9.59 Å². The third-order valence-corrected chi connectivity index (χ3v) is 2.70. The molecule has 1 amide bonds. The summed E-state index contributed by atoms with van der Waals surface area (Å²) in [5.41, 5.74) is 2.05. The van der Waals surface area contributed by atoms with Gasteiger partial charge in [-0.15, -0.1) is 0 Å². The van der Waals surface area contributed by atoms with Crippen LogP contribution in [0.2, 0.25) is 0 Å². The highest BCUT2D eigenvalue weighted by atomic mass is 16.5.